The maximum atomic E-state index is 12.7. The summed E-state index contributed by atoms with van der Waals surface area (Å²) in [4.78, 5) is 48.7. The van der Waals surface area contributed by atoms with Crippen molar-refractivity contribution in [2.24, 2.45) is 0 Å². The predicted octanol–water partition coefficient (Wildman–Crippen LogP) is 6.02. The Kier molecular flexibility index (Phi) is 9.06. The van der Waals surface area contributed by atoms with Crippen molar-refractivity contribution in [2.45, 2.75) is 59.7 Å². The van der Waals surface area contributed by atoms with Gasteiger partial charge in [-0.3, -0.25) is 0 Å². The van der Waals surface area contributed by atoms with Gasteiger partial charge < -0.3 is 28.4 Å². The second kappa shape index (κ2) is 11.6. The first kappa shape index (κ1) is 28.9. The maximum absolute atomic E-state index is 12.7. The van der Waals surface area contributed by atoms with Crippen molar-refractivity contribution in [3.05, 3.63) is 60.2 Å². The molecule has 0 saturated heterocycles. The summed E-state index contributed by atoms with van der Waals surface area (Å²) in [6.07, 6.45) is -2.11. The number of benzene rings is 2. The van der Waals surface area contributed by atoms with Crippen LogP contribution in [0.3, 0.4) is 0 Å². The molecule has 37 heavy (non-hydrogen) atoms. The summed E-state index contributed by atoms with van der Waals surface area (Å²) < 4.78 is 31.1. The van der Waals surface area contributed by atoms with Gasteiger partial charge in [0.15, 0.2) is 11.5 Å². The summed E-state index contributed by atoms with van der Waals surface area (Å²) in [5.41, 5.74) is -1.47. The molecule has 0 aliphatic carbocycles. The van der Waals surface area contributed by atoms with Gasteiger partial charge in [0.1, 0.15) is 22.7 Å². The lowest BCUT2D eigenvalue weighted by molar-refractivity contribution is -0.130. The van der Waals surface area contributed by atoms with Crippen molar-refractivity contribution in [2.75, 3.05) is 0 Å². The molecule has 0 heterocycles. The van der Waals surface area contributed by atoms with Gasteiger partial charge >= 0.3 is 24.2 Å². The Morgan fingerprint density at radius 3 is 1.57 bits per heavy atom. The van der Waals surface area contributed by atoms with Crippen LogP contribution in [0.4, 0.5) is 9.59 Å². The third kappa shape index (κ3) is 10.0. The van der Waals surface area contributed by atoms with Gasteiger partial charge in [-0.15, -0.1) is 0 Å². The van der Waals surface area contributed by atoms with E-state index in [9.17, 15) is 19.2 Å². The maximum Gasteiger partial charge on any atom is 0.514 e. The van der Waals surface area contributed by atoms with Crippen LogP contribution >= 0.6 is 0 Å². The zero-order chi connectivity index (χ0) is 28.0. The average Bonchev–Trinajstić information content (AvgIpc) is 2.73. The highest BCUT2D eigenvalue weighted by Gasteiger charge is 2.24. The molecule has 0 aliphatic heterocycles. The Morgan fingerprint density at radius 1 is 0.649 bits per heavy atom. The Balaban J connectivity index is 2.24. The topological polar surface area (TPSA) is 124 Å². The summed E-state index contributed by atoms with van der Waals surface area (Å²) in [6, 6.07) is 9.47. The van der Waals surface area contributed by atoms with E-state index in [1.807, 2.05) is 0 Å². The lowest BCUT2D eigenvalue weighted by atomic mass is 10.2. The fourth-order valence-electron chi connectivity index (χ4n) is 2.46. The van der Waals surface area contributed by atoms with Crippen LogP contribution in [0.2, 0.25) is 0 Å². The SMILES string of the molecule is C=C(C)C(=O)Oc1ccc(OC(=O)c2ccc(OC(=O)OC(C)(C)C)c(OC(=O)OC(C)(C)C)c2)cc1. The molecular formula is C27H30O10. The highest BCUT2D eigenvalue weighted by Crippen LogP contribution is 2.31. The molecule has 0 saturated carbocycles. The quantitative estimate of drug-likeness (QED) is 0.196. The van der Waals surface area contributed by atoms with Gasteiger partial charge in [-0.25, -0.2) is 19.2 Å². The minimum Gasteiger partial charge on any atom is -0.428 e. The fourth-order valence-corrected chi connectivity index (χ4v) is 2.46. The number of carbonyl (C=O) groups excluding carboxylic acids is 4. The fraction of sp³-hybridized carbons (Fsp3) is 0.333. The van der Waals surface area contributed by atoms with Crippen LogP contribution in [-0.4, -0.2) is 35.5 Å². The van der Waals surface area contributed by atoms with E-state index in [-0.39, 0.29) is 34.1 Å². The van der Waals surface area contributed by atoms with Crippen LogP contribution in [0, 0.1) is 0 Å². The van der Waals surface area contributed by atoms with Crippen molar-refractivity contribution < 1.29 is 47.6 Å². The highest BCUT2D eigenvalue weighted by atomic mass is 16.8. The lowest BCUT2D eigenvalue weighted by Crippen LogP contribution is -2.27. The van der Waals surface area contributed by atoms with E-state index in [1.54, 1.807) is 41.5 Å². The number of ether oxygens (including phenoxy) is 6. The van der Waals surface area contributed by atoms with Crippen molar-refractivity contribution in [1.29, 1.82) is 0 Å². The normalized spacial score (nSPS) is 11.1. The monoisotopic (exact) mass is 514 g/mol. The van der Waals surface area contributed by atoms with Gasteiger partial charge in [0.25, 0.3) is 0 Å². The van der Waals surface area contributed by atoms with Crippen LogP contribution in [-0.2, 0) is 14.3 Å². The van der Waals surface area contributed by atoms with Gasteiger partial charge in [0.05, 0.1) is 5.56 Å². The molecule has 0 N–H and O–H groups in total. The Bertz CT molecular complexity index is 1180. The third-order valence-electron chi connectivity index (χ3n) is 3.94. The Hall–Kier alpha value is -4.34. The zero-order valence-electron chi connectivity index (χ0n) is 21.8. The van der Waals surface area contributed by atoms with Crippen LogP contribution in [0.1, 0.15) is 58.8 Å². The second-order valence-corrected chi connectivity index (χ2v) is 9.83. The molecule has 0 aliphatic rings. The van der Waals surface area contributed by atoms with E-state index < -0.39 is 35.5 Å². The van der Waals surface area contributed by atoms with Gasteiger partial charge in [0.2, 0.25) is 0 Å². The molecule has 2 aromatic rings. The van der Waals surface area contributed by atoms with Gasteiger partial charge in [-0.1, -0.05) is 6.58 Å². The Labute approximate surface area is 215 Å². The van der Waals surface area contributed by atoms with Crippen LogP contribution in [0.25, 0.3) is 0 Å². The van der Waals surface area contributed by atoms with E-state index in [4.69, 9.17) is 28.4 Å². The first-order chi connectivity index (χ1) is 17.0. The Morgan fingerprint density at radius 2 is 1.11 bits per heavy atom. The molecule has 198 valence electrons. The van der Waals surface area contributed by atoms with Gasteiger partial charge in [0, 0.05) is 5.57 Å². The molecule has 0 bridgehead atoms. The number of rotatable bonds is 6. The van der Waals surface area contributed by atoms with Crippen LogP contribution in [0.15, 0.2) is 54.6 Å². The first-order valence-electron chi connectivity index (χ1n) is 11.2. The first-order valence-corrected chi connectivity index (χ1v) is 11.2. The number of hydrogen-bond acceptors (Lipinski definition) is 10. The summed E-state index contributed by atoms with van der Waals surface area (Å²) in [6.45, 7) is 14.9. The average molecular weight is 515 g/mol. The van der Waals surface area contributed by atoms with E-state index >= 15 is 0 Å². The molecule has 0 aromatic heterocycles. The van der Waals surface area contributed by atoms with Crippen LogP contribution in [0.5, 0.6) is 23.0 Å². The molecule has 0 amide bonds. The summed E-state index contributed by atoms with van der Waals surface area (Å²) in [5, 5.41) is 0. The van der Waals surface area contributed by atoms with Crippen molar-refractivity contribution in [3.8, 4) is 23.0 Å². The summed E-state index contributed by atoms with van der Waals surface area (Å²) >= 11 is 0. The van der Waals surface area contributed by atoms with Gasteiger partial charge in [-0.05, 0) is 90.9 Å². The molecule has 10 heteroatoms. The van der Waals surface area contributed by atoms with E-state index in [2.05, 4.69) is 6.58 Å². The van der Waals surface area contributed by atoms with Gasteiger partial charge in [-0.2, -0.15) is 0 Å². The molecule has 0 spiro atoms. The van der Waals surface area contributed by atoms with E-state index in [0.717, 1.165) is 6.07 Å². The molecule has 2 aromatic carbocycles. The second-order valence-electron chi connectivity index (χ2n) is 9.83. The molecule has 0 radical (unpaired) electrons. The van der Waals surface area contributed by atoms with Crippen LogP contribution < -0.4 is 18.9 Å². The molecule has 0 fully saturated rings. The molecular weight excluding hydrogens is 484 g/mol. The van der Waals surface area contributed by atoms with Crippen molar-refractivity contribution in [3.63, 3.8) is 0 Å². The number of hydrogen-bond donors (Lipinski definition) is 0. The third-order valence-corrected chi connectivity index (χ3v) is 3.94. The molecule has 0 atom stereocenters. The highest BCUT2D eigenvalue weighted by molar-refractivity contribution is 5.92. The summed E-state index contributed by atoms with van der Waals surface area (Å²) in [7, 11) is 0. The zero-order valence-corrected chi connectivity index (χ0v) is 21.8. The standard InChI is InChI=1S/C27H30O10/c1-16(2)22(28)32-18-10-12-19(13-11-18)33-23(29)17-9-14-20(34-24(30)36-26(3,4)5)21(15-17)35-25(31)37-27(6,7)8/h9-15H,1H2,2-8H3. The van der Waals surface area contributed by atoms with E-state index in [0.29, 0.717) is 0 Å². The number of carbonyl (C=O) groups is 4. The molecule has 2 rings (SSSR count). The summed E-state index contributed by atoms with van der Waals surface area (Å²) in [5.74, 6) is -1.44. The van der Waals surface area contributed by atoms with E-state index in [1.165, 1.54) is 43.3 Å². The lowest BCUT2D eigenvalue weighted by Gasteiger charge is -2.21. The van der Waals surface area contributed by atoms with Crippen molar-refractivity contribution in [1.82, 2.24) is 0 Å². The minimum atomic E-state index is -1.08. The predicted molar refractivity (Wildman–Crippen MR) is 132 cm³/mol. The largest absolute Gasteiger partial charge is 0.514 e. The number of esters is 2. The van der Waals surface area contributed by atoms with Crippen molar-refractivity contribution >= 4 is 24.2 Å². The minimum absolute atomic E-state index is 0.0205. The molecule has 10 nitrogen and oxygen atoms in total. The smallest absolute Gasteiger partial charge is 0.428 e. The molecule has 0 unspecified atom stereocenters.